The summed E-state index contributed by atoms with van der Waals surface area (Å²) in [5, 5.41) is 3.16. The van der Waals surface area contributed by atoms with Gasteiger partial charge in [-0.15, -0.1) is 0 Å². The van der Waals surface area contributed by atoms with Crippen LogP contribution in [0.25, 0.3) is 0 Å². The van der Waals surface area contributed by atoms with E-state index in [-0.39, 0.29) is 0 Å². The van der Waals surface area contributed by atoms with E-state index in [1.165, 1.54) is 5.57 Å². The Hall–Kier alpha value is -0.300. The van der Waals surface area contributed by atoms with E-state index in [0.29, 0.717) is 0 Å². The summed E-state index contributed by atoms with van der Waals surface area (Å²) in [4.78, 5) is 0. The molecule has 0 aromatic rings. The first-order valence-corrected chi connectivity index (χ1v) is 4.02. The van der Waals surface area contributed by atoms with Crippen LogP contribution in [-0.2, 0) is 0 Å². The quantitative estimate of drug-likeness (QED) is 0.579. The first-order chi connectivity index (χ1) is 4.70. The van der Waals surface area contributed by atoms with Gasteiger partial charge in [0.05, 0.1) is 0 Å². The SMILES string of the molecule is C=C(CC)CC(C)CNC. The topological polar surface area (TPSA) is 12.0 Å². The molecule has 0 rings (SSSR count). The van der Waals surface area contributed by atoms with Gasteiger partial charge in [-0.25, -0.2) is 0 Å². The maximum atomic E-state index is 3.97. The fourth-order valence-electron chi connectivity index (χ4n) is 1.06. The third kappa shape index (κ3) is 4.57. The summed E-state index contributed by atoms with van der Waals surface area (Å²) in [6.45, 7) is 9.47. The molecular formula is C9H19N. The molecule has 0 aliphatic rings. The van der Waals surface area contributed by atoms with Gasteiger partial charge in [-0.2, -0.15) is 0 Å². The van der Waals surface area contributed by atoms with Gasteiger partial charge in [0.25, 0.3) is 0 Å². The van der Waals surface area contributed by atoms with Crippen LogP contribution in [0.4, 0.5) is 0 Å². The fraction of sp³-hybridized carbons (Fsp3) is 0.778. The Labute approximate surface area is 64.5 Å². The fourth-order valence-corrected chi connectivity index (χ4v) is 1.06. The summed E-state index contributed by atoms with van der Waals surface area (Å²) >= 11 is 0. The van der Waals surface area contributed by atoms with Crippen molar-refractivity contribution in [1.82, 2.24) is 5.32 Å². The Kier molecular flexibility index (Phi) is 5.32. The summed E-state index contributed by atoms with van der Waals surface area (Å²) in [6, 6.07) is 0. The smallest absolute Gasteiger partial charge is 0.00231 e. The Balaban J connectivity index is 3.37. The Bertz CT molecular complexity index is 96.9. The minimum Gasteiger partial charge on any atom is -0.319 e. The molecule has 0 radical (unpaired) electrons. The molecule has 1 N–H and O–H groups in total. The van der Waals surface area contributed by atoms with Gasteiger partial charge in [0.15, 0.2) is 0 Å². The maximum absolute atomic E-state index is 3.97. The number of rotatable bonds is 5. The van der Waals surface area contributed by atoms with Gasteiger partial charge in [0, 0.05) is 0 Å². The molecule has 1 heteroatoms. The lowest BCUT2D eigenvalue weighted by Crippen LogP contribution is -2.16. The van der Waals surface area contributed by atoms with E-state index in [1.54, 1.807) is 0 Å². The third-order valence-corrected chi connectivity index (χ3v) is 1.69. The minimum absolute atomic E-state index is 0.734. The molecule has 0 bridgehead atoms. The van der Waals surface area contributed by atoms with Gasteiger partial charge < -0.3 is 5.32 Å². The second kappa shape index (κ2) is 5.48. The minimum atomic E-state index is 0.734. The highest BCUT2D eigenvalue weighted by molar-refractivity contribution is 4.93. The third-order valence-electron chi connectivity index (χ3n) is 1.69. The van der Waals surface area contributed by atoms with Crippen molar-refractivity contribution in [3.05, 3.63) is 12.2 Å². The van der Waals surface area contributed by atoms with Crippen molar-refractivity contribution in [2.24, 2.45) is 5.92 Å². The Morgan fingerprint density at radius 2 is 2.20 bits per heavy atom. The molecule has 0 fully saturated rings. The van der Waals surface area contributed by atoms with Crippen molar-refractivity contribution >= 4 is 0 Å². The zero-order valence-electron chi connectivity index (χ0n) is 7.41. The van der Waals surface area contributed by atoms with Crippen LogP contribution >= 0.6 is 0 Å². The predicted molar refractivity (Wildman–Crippen MR) is 47.1 cm³/mol. The number of allylic oxidation sites excluding steroid dienone is 1. The van der Waals surface area contributed by atoms with E-state index >= 15 is 0 Å². The summed E-state index contributed by atoms with van der Waals surface area (Å²) in [6.07, 6.45) is 2.28. The second-order valence-electron chi connectivity index (χ2n) is 2.97. The molecular weight excluding hydrogens is 122 g/mol. The highest BCUT2D eigenvalue weighted by atomic mass is 14.8. The highest BCUT2D eigenvalue weighted by Gasteiger charge is 2.00. The molecule has 1 unspecified atom stereocenters. The van der Waals surface area contributed by atoms with Crippen LogP contribution in [0.15, 0.2) is 12.2 Å². The number of hydrogen-bond acceptors (Lipinski definition) is 1. The van der Waals surface area contributed by atoms with E-state index in [0.717, 1.165) is 25.3 Å². The van der Waals surface area contributed by atoms with Crippen LogP contribution < -0.4 is 5.32 Å². The Morgan fingerprint density at radius 1 is 1.60 bits per heavy atom. The van der Waals surface area contributed by atoms with Crippen LogP contribution in [-0.4, -0.2) is 13.6 Å². The van der Waals surface area contributed by atoms with E-state index in [2.05, 4.69) is 25.7 Å². The molecule has 0 saturated carbocycles. The van der Waals surface area contributed by atoms with Crippen molar-refractivity contribution in [2.45, 2.75) is 26.7 Å². The molecule has 10 heavy (non-hydrogen) atoms. The monoisotopic (exact) mass is 141 g/mol. The summed E-state index contributed by atoms with van der Waals surface area (Å²) in [5.41, 5.74) is 1.36. The van der Waals surface area contributed by atoms with Crippen molar-refractivity contribution < 1.29 is 0 Å². The molecule has 1 atom stereocenters. The van der Waals surface area contributed by atoms with Gasteiger partial charge in [-0.3, -0.25) is 0 Å². The van der Waals surface area contributed by atoms with Gasteiger partial charge >= 0.3 is 0 Å². The van der Waals surface area contributed by atoms with Crippen LogP contribution in [0.3, 0.4) is 0 Å². The van der Waals surface area contributed by atoms with Gasteiger partial charge in [-0.1, -0.05) is 26.0 Å². The molecule has 1 nitrogen and oxygen atoms in total. The van der Waals surface area contributed by atoms with Crippen LogP contribution in [0, 0.1) is 5.92 Å². The van der Waals surface area contributed by atoms with Crippen LogP contribution in [0.5, 0.6) is 0 Å². The molecule has 0 aliphatic heterocycles. The average Bonchev–Trinajstić information content (AvgIpc) is 1.88. The first kappa shape index (κ1) is 9.70. The van der Waals surface area contributed by atoms with Crippen molar-refractivity contribution in [1.29, 1.82) is 0 Å². The van der Waals surface area contributed by atoms with Gasteiger partial charge in [0.1, 0.15) is 0 Å². The first-order valence-electron chi connectivity index (χ1n) is 4.02. The molecule has 60 valence electrons. The molecule has 0 aromatic heterocycles. The summed E-state index contributed by atoms with van der Waals surface area (Å²) in [5.74, 6) is 0.734. The summed E-state index contributed by atoms with van der Waals surface area (Å²) < 4.78 is 0. The molecule has 0 aromatic carbocycles. The zero-order valence-corrected chi connectivity index (χ0v) is 7.41. The lowest BCUT2D eigenvalue weighted by atomic mass is 10.0. The number of nitrogens with one attached hydrogen (secondary N) is 1. The zero-order chi connectivity index (χ0) is 7.98. The van der Waals surface area contributed by atoms with E-state index in [4.69, 9.17) is 0 Å². The van der Waals surface area contributed by atoms with Crippen LogP contribution in [0.2, 0.25) is 0 Å². The van der Waals surface area contributed by atoms with Crippen LogP contribution in [0.1, 0.15) is 26.7 Å². The lowest BCUT2D eigenvalue weighted by Gasteiger charge is -2.10. The molecule has 0 aliphatic carbocycles. The average molecular weight is 141 g/mol. The van der Waals surface area contributed by atoms with Gasteiger partial charge in [0.2, 0.25) is 0 Å². The van der Waals surface area contributed by atoms with Crippen molar-refractivity contribution in [2.75, 3.05) is 13.6 Å². The van der Waals surface area contributed by atoms with E-state index < -0.39 is 0 Å². The van der Waals surface area contributed by atoms with Gasteiger partial charge in [-0.05, 0) is 32.4 Å². The molecule has 0 spiro atoms. The van der Waals surface area contributed by atoms with E-state index in [1.807, 2.05) is 7.05 Å². The van der Waals surface area contributed by atoms with Crippen molar-refractivity contribution in [3.8, 4) is 0 Å². The van der Waals surface area contributed by atoms with Crippen molar-refractivity contribution in [3.63, 3.8) is 0 Å². The Morgan fingerprint density at radius 3 is 2.60 bits per heavy atom. The normalized spacial score (nSPS) is 13.1. The highest BCUT2D eigenvalue weighted by Crippen LogP contribution is 2.10. The standard InChI is InChI=1S/C9H19N/c1-5-8(2)6-9(3)7-10-4/h9-10H,2,5-7H2,1,3-4H3. The molecule has 0 amide bonds. The van der Waals surface area contributed by atoms with E-state index in [9.17, 15) is 0 Å². The predicted octanol–water partition coefficient (Wildman–Crippen LogP) is 2.20. The second-order valence-corrected chi connectivity index (χ2v) is 2.97. The molecule has 0 saturated heterocycles. The molecule has 0 heterocycles. The lowest BCUT2D eigenvalue weighted by molar-refractivity contribution is 0.534. The maximum Gasteiger partial charge on any atom is -0.00231 e. The summed E-state index contributed by atoms with van der Waals surface area (Å²) in [7, 11) is 1.99. The number of hydrogen-bond donors (Lipinski definition) is 1. The largest absolute Gasteiger partial charge is 0.319 e.